The lowest BCUT2D eigenvalue weighted by molar-refractivity contribution is -0.393. The average Bonchev–Trinajstić information content (AvgIpc) is 2.98. The van der Waals surface area contributed by atoms with Crippen LogP contribution >= 0.6 is 0 Å². The minimum absolute atomic E-state index is 0.00999. The molecule has 12 heteroatoms. The Balaban J connectivity index is 2.30. The van der Waals surface area contributed by atoms with E-state index in [2.05, 4.69) is 5.16 Å². The molecule has 3 rings (SSSR count). The summed E-state index contributed by atoms with van der Waals surface area (Å²) in [6.07, 6.45) is 0.541. The second kappa shape index (κ2) is 7.42. The van der Waals surface area contributed by atoms with Crippen molar-refractivity contribution in [3.63, 3.8) is 0 Å². The number of rotatable bonds is 6. The molecule has 0 bridgehead atoms. The van der Waals surface area contributed by atoms with Crippen molar-refractivity contribution in [2.24, 2.45) is 5.16 Å². The molecule has 2 aromatic rings. The molecule has 0 unspecified atom stereocenters. The second-order valence-electron chi connectivity index (χ2n) is 6.04. The van der Waals surface area contributed by atoms with Gasteiger partial charge in [-0.2, -0.15) is 0 Å². The van der Waals surface area contributed by atoms with Crippen LogP contribution in [0.1, 0.15) is 30.9 Å². The first-order valence-corrected chi connectivity index (χ1v) is 8.28. The molecule has 0 N–H and O–H groups in total. The van der Waals surface area contributed by atoms with Crippen LogP contribution in [0.15, 0.2) is 35.5 Å². The smallest absolute Gasteiger partial charge is 0.318 e. The van der Waals surface area contributed by atoms with Gasteiger partial charge in [-0.25, -0.2) is 4.79 Å². The summed E-state index contributed by atoms with van der Waals surface area (Å²) in [7, 11) is 0. The molecule has 0 heterocycles. The van der Waals surface area contributed by atoms with Gasteiger partial charge < -0.3 is 4.84 Å². The fourth-order valence-corrected chi connectivity index (χ4v) is 2.98. The van der Waals surface area contributed by atoms with Crippen LogP contribution in [0.4, 0.5) is 17.1 Å². The Morgan fingerprint density at radius 1 is 0.931 bits per heavy atom. The number of hydrogen-bond donors (Lipinski definition) is 0. The third kappa shape index (κ3) is 3.50. The van der Waals surface area contributed by atoms with E-state index in [4.69, 9.17) is 4.84 Å². The summed E-state index contributed by atoms with van der Waals surface area (Å²) in [4.78, 5) is 48.1. The van der Waals surface area contributed by atoms with E-state index < -0.39 is 32.1 Å². The van der Waals surface area contributed by atoms with Crippen molar-refractivity contribution >= 4 is 28.7 Å². The van der Waals surface area contributed by atoms with Gasteiger partial charge in [0.15, 0.2) is 0 Å². The molecule has 2 aromatic carbocycles. The molecule has 12 nitrogen and oxygen atoms in total. The third-order valence-electron chi connectivity index (χ3n) is 4.20. The van der Waals surface area contributed by atoms with Gasteiger partial charge in [-0.1, -0.05) is 12.1 Å². The van der Waals surface area contributed by atoms with Gasteiger partial charge in [0.1, 0.15) is 5.71 Å². The summed E-state index contributed by atoms with van der Waals surface area (Å²) in [6, 6.07) is 5.43. The molecule has 0 amide bonds. The van der Waals surface area contributed by atoms with Gasteiger partial charge in [-0.15, -0.1) is 0 Å². The number of benzene rings is 2. The van der Waals surface area contributed by atoms with E-state index in [1.165, 1.54) is 6.07 Å². The first-order chi connectivity index (χ1) is 13.7. The summed E-state index contributed by atoms with van der Waals surface area (Å²) < 4.78 is 0. The summed E-state index contributed by atoms with van der Waals surface area (Å²) in [5.74, 6) is -0.680. The van der Waals surface area contributed by atoms with Crippen molar-refractivity contribution in [1.29, 1.82) is 0 Å². The molecule has 0 fully saturated rings. The van der Waals surface area contributed by atoms with Crippen LogP contribution in [0, 0.1) is 30.3 Å². The van der Waals surface area contributed by atoms with Gasteiger partial charge in [0.2, 0.25) is 0 Å². The number of nitro groups is 3. The Bertz CT molecular complexity index is 1110. The zero-order chi connectivity index (χ0) is 21.3. The molecule has 0 aliphatic heterocycles. The molecule has 0 radical (unpaired) electrons. The van der Waals surface area contributed by atoms with Crippen LogP contribution in [-0.2, 0) is 9.63 Å². The topological polar surface area (TPSA) is 168 Å². The normalized spacial score (nSPS) is 12.9. The van der Waals surface area contributed by atoms with Crippen LogP contribution in [0.2, 0.25) is 0 Å². The molecule has 0 saturated heterocycles. The number of carbonyl (C=O) groups is 1. The van der Waals surface area contributed by atoms with E-state index in [1.54, 1.807) is 6.92 Å². The zero-order valence-corrected chi connectivity index (χ0v) is 14.9. The maximum absolute atomic E-state index is 11.7. The highest BCUT2D eigenvalue weighted by atomic mass is 16.7. The van der Waals surface area contributed by atoms with Crippen molar-refractivity contribution in [3.05, 3.63) is 71.8 Å². The average molecular weight is 400 g/mol. The Kier molecular flexibility index (Phi) is 5.00. The lowest BCUT2D eigenvalue weighted by Crippen LogP contribution is -2.06. The maximum Gasteiger partial charge on any atom is 0.335 e. The number of carbonyl (C=O) groups excluding carboxylic acids is 1. The first kappa shape index (κ1) is 19.5. The Morgan fingerprint density at radius 2 is 1.59 bits per heavy atom. The molecule has 0 saturated carbocycles. The van der Waals surface area contributed by atoms with Gasteiger partial charge in [0.25, 0.3) is 17.1 Å². The lowest BCUT2D eigenvalue weighted by Gasteiger charge is -2.03. The number of non-ortho nitro benzene ring substituents is 2. The van der Waals surface area contributed by atoms with Gasteiger partial charge in [0.05, 0.1) is 26.4 Å². The Labute approximate surface area is 161 Å². The molecule has 0 atom stereocenters. The largest absolute Gasteiger partial charge is 0.335 e. The van der Waals surface area contributed by atoms with E-state index in [9.17, 15) is 35.1 Å². The molecule has 148 valence electrons. The van der Waals surface area contributed by atoms with Crippen LogP contribution < -0.4 is 0 Å². The SMILES string of the molecule is CCCC(=O)O/N=C1\c2cc([N+](=O)[O-])ccc2-c2c1cc([N+](=O)[O-])cc2[N+](=O)[O-]. The van der Waals surface area contributed by atoms with E-state index >= 15 is 0 Å². The van der Waals surface area contributed by atoms with Gasteiger partial charge >= 0.3 is 5.97 Å². The van der Waals surface area contributed by atoms with Gasteiger partial charge in [0, 0.05) is 35.7 Å². The number of nitro benzene ring substituents is 3. The number of hydrogen-bond acceptors (Lipinski definition) is 9. The van der Waals surface area contributed by atoms with Crippen molar-refractivity contribution in [2.75, 3.05) is 0 Å². The monoisotopic (exact) mass is 400 g/mol. The van der Waals surface area contributed by atoms with Crippen molar-refractivity contribution in [2.45, 2.75) is 19.8 Å². The fourth-order valence-electron chi connectivity index (χ4n) is 2.98. The van der Waals surface area contributed by atoms with E-state index in [-0.39, 0.29) is 40.1 Å². The van der Waals surface area contributed by atoms with Crippen molar-refractivity contribution < 1.29 is 24.4 Å². The minimum Gasteiger partial charge on any atom is -0.318 e. The molecule has 1 aliphatic carbocycles. The van der Waals surface area contributed by atoms with E-state index in [1.807, 2.05) is 0 Å². The maximum atomic E-state index is 11.7. The van der Waals surface area contributed by atoms with Crippen molar-refractivity contribution in [1.82, 2.24) is 0 Å². The van der Waals surface area contributed by atoms with Crippen LogP contribution in [0.25, 0.3) is 11.1 Å². The molecule has 29 heavy (non-hydrogen) atoms. The van der Waals surface area contributed by atoms with Crippen LogP contribution in [0.3, 0.4) is 0 Å². The van der Waals surface area contributed by atoms with E-state index in [0.29, 0.717) is 6.42 Å². The highest BCUT2D eigenvalue weighted by molar-refractivity contribution is 6.26. The second-order valence-corrected chi connectivity index (χ2v) is 6.04. The Hall–Kier alpha value is -4.22. The fraction of sp³-hybridized carbons (Fsp3) is 0.176. The van der Waals surface area contributed by atoms with Crippen LogP contribution in [-0.4, -0.2) is 26.5 Å². The quantitative estimate of drug-likeness (QED) is 0.344. The summed E-state index contributed by atoms with van der Waals surface area (Å²) in [6.45, 7) is 1.74. The van der Waals surface area contributed by atoms with Crippen molar-refractivity contribution in [3.8, 4) is 11.1 Å². The molecule has 0 aromatic heterocycles. The van der Waals surface area contributed by atoms with Crippen LogP contribution in [0.5, 0.6) is 0 Å². The molecular weight excluding hydrogens is 388 g/mol. The first-order valence-electron chi connectivity index (χ1n) is 8.28. The van der Waals surface area contributed by atoms with Gasteiger partial charge in [-0.05, 0) is 18.1 Å². The van der Waals surface area contributed by atoms with Gasteiger partial charge in [-0.3, -0.25) is 30.3 Å². The molecular formula is C17H12N4O8. The zero-order valence-electron chi connectivity index (χ0n) is 14.9. The highest BCUT2D eigenvalue weighted by Crippen LogP contribution is 2.45. The standard InChI is InChI=1S/C17H12N4O8/c1-2-3-15(22)29-18-17-12-6-9(19(23)24)4-5-11(12)16-13(17)7-10(20(25)26)8-14(16)21(27)28/h4-8H,2-3H2,1H3/b18-17+. The summed E-state index contributed by atoms with van der Waals surface area (Å²) >= 11 is 0. The summed E-state index contributed by atoms with van der Waals surface area (Å²) in [5, 5.41) is 37.6. The number of fused-ring (bicyclic) bond motifs is 3. The number of oxime groups is 1. The third-order valence-corrected chi connectivity index (χ3v) is 4.20. The Morgan fingerprint density at radius 3 is 2.17 bits per heavy atom. The molecule has 0 spiro atoms. The lowest BCUT2D eigenvalue weighted by atomic mass is 10.0. The molecule has 1 aliphatic rings. The van der Waals surface area contributed by atoms with E-state index in [0.717, 1.165) is 24.3 Å². The summed E-state index contributed by atoms with van der Waals surface area (Å²) in [5.41, 5.74) is -1.27. The minimum atomic E-state index is -0.806. The number of nitrogens with zero attached hydrogens (tertiary/aromatic N) is 4. The predicted octanol–water partition coefficient (Wildman–Crippen LogP) is 3.49. The predicted molar refractivity (Wildman–Crippen MR) is 98.5 cm³/mol. The highest BCUT2D eigenvalue weighted by Gasteiger charge is 2.36.